The van der Waals surface area contributed by atoms with Gasteiger partial charge in [0, 0.05) is 44.3 Å². The summed E-state index contributed by atoms with van der Waals surface area (Å²) in [5.74, 6) is 0.528. The molecule has 33 heavy (non-hydrogen) atoms. The van der Waals surface area contributed by atoms with Crippen LogP contribution in [0.15, 0.2) is 47.3 Å². The second kappa shape index (κ2) is 8.99. The lowest BCUT2D eigenvalue weighted by atomic mass is 9.97. The van der Waals surface area contributed by atoms with E-state index in [0.29, 0.717) is 29.2 Å². The number of pyridine rings is 2. The van der Waals surface area contributed by atoms with Crippen LogP contribution in [-0.4, -0.2) is 39.6 Å². The molecule has 0 saturated carbocycles. The van der Waals surface area contributed by atoms with Crippen molar-refractivity contribution in [1.82, 2.24) is 14.5 Å². The molecule has 6 nitrogen and oxygen atoms in total. The van der Waals surface area contributed by atoms with Crippen molar-refractivity contribution in [1.29, 1.82) is 5.26 Å². The van der Waals surface area contributed by atoms with E-state index in [-0.39, 0.29) is 11.6 Å². The molecule has 3 heterocycles. The summed E-state index contributed by atoms with van der Waals surface area (Å²) in [4.78, 5) is 22.1. The minimum Gasteiger partial charge on any atom is -0.364 e. The Labute approximate surface area is 196 Å². The van der Waals surface area contributed by atoms with E-state index in [1.165, 1.54) is 11.1 Å². The summed E-state index contributed by atoms with van der Waals surface area (Å²) >= 11 is 0. The number of nitriles is 1. The maximum atomic E-state index is 12.7. The van der Waals surface area contributed by atoms with Gasteiger partial charge in [-0.2, -0.15) is 5.26 Å². The summed E-state index contributed by atoms with van der Waals surface area (Å²) < 4.78 is 1.60. The second-order valence-electron chi connectivity index (χ2n) is 9.65. The van der Waals surface area contributed by atoms with Gasteiger partial charge >= 0.3 is 0 Å². The van der Waals surface area contributed by atoms with Gasteiger partial charge in [-0.05, 0) is 49.9 Å². The number of piperazine rings is 1. The van der Waals surface area contributed by atoms with E-state index < -0.39 is 0 Å². The highest BCUT2D eigenvalue weighted by molar-refractivity contribution is 5.89. The molecule has 1 unspecified atom stereocenters. The first-order valence-corrected chi connectivity index (χ1v) is 11.7. The molecule has 0 radical (unpaired) electrons. The van der Waals surface area contributed by atoms with Crippen molar-refractivity contribution < 1.29 is 0 Å². The van der Waals surface area contributed by atoms with Crippen LogP contribution in [-0.2, 0) is 7.05 Å². The number of aromatic nitrogens is 2. The van der Waals surface area contributed by atoms with Gasteiger partial charge in [-0.25, -0.2) is 4.98 Å². The summed E-state index contributed by atoms with van der Waals surface area (Å²) in [6.45, 7) is 12.8. The zero-order chi connectivity index (χ0) is 23.9. The third kappa shape index (κ3) is 4.26. The van der Waals surface area contributed by atoms with Crippen molar-refractivity contribution in [3.8, 4) is 6.07 Å². The third-order valence-electron chi connectivity index (χ3n) is 7.11. The van der Waals surface area contributed by atoms with Crippen LogP contribution in [0.25, 0.3) is 11.0 Å². The van der Waals surface area contributed by atoms with Crippen LogP contribution in [0, 0.1) is 11.3 Å². The molecule has 1 fully saturated rings. The molecule has 1 aliphatic heterocycles. The van der Waals surface area contributed by atoms with Gasteiger partial charge in [-0.15, -0.1) is 0 Å². The highest BCUT2D eigenvalue weighted by atomic mass is 16.1. The number of hydrogen-bond donors (Lipinski definition) is 0. The molecule has 1 aliphatic rings. The van der Waals surface area contributed by atoms with Crippen LogP contribution in [0.2, 0.25) is 0 Å². The zero-order valence-corrected chi connectivity index (χ0v) is 20.4. The lowest BCUT2D eigenvalue weighted by molar-refractivity contribution is 0.119. The molecule has 1 saturated heterocycles. The summed E-state index contributed by atoms with van der Waals surface area (Å²) in [5, 5.41) is 9.37. The van der Waals surface area contributed by atoms with Crippen molar-refractivity contribution in [3.05, 3.63) is 69.6 Å². The molecule has 0 N–H and O–H groups in total. The number of nitrogens with zero attached hydrogens (tertiary/aromatic N) is 5. The van der Waals surface area contributed by atoms with Crippen molar-refractivity contribution >= 4 is 16.7 Å². The molecule has 2 aromatic heterocycles. The van der Waals surface area contributed by atoms with Crippen molar-refractivity contribution in [2.24, 2.45) is 7.05 Å². The maximum absolute atomic E-state index is 12.7. The van der Waals surface area contributed by atoms with Crippen LogP contribution in [0.3, 0.4) is 0 Å². The predicted octanol–water partition coefficient (Wildman–Crippen LogP) is 4.59. The van der Waals surface area contributed by atoms with E-state index in [1.54, 1.807) is 23.7 Å². The van der Waals surface area contributed by atoms with Gasteiger partial charge in [0.25, 0.3) is 5.56 Å². The maximum Gasteiger partial charge on any atom is 0.252 e. The summed E-state index contributed by atoms with van der Waals surface area (Å²) in [6.07, 6.45) is 0. The fraction of sp³-hybridized carbons (Fsp3) is 0.444. The third-order valence-corrected chi connectivity index (χ3v) is 7.11. The van der Waals surface area contributed by atoms with E-state index in [9.17, 15) is 10.1 Å². The fourth-order valence-electron chi connectivity index (χ4n) is 4.97. The highest BCUT2D eigenvalue weighted by Gasteiger charge is 2.33. The molecule has 172 valence electrons. The van der Waals surface area contributed by atoms with E-state index in [1.807, 2.05) is 6.07 Å². The molecule has 6 heteroatoms. The van der Waals surface area contributed by atoms with Gasteiger partial charge in [0.1, 0.15) is 17.3 Å². The van der Waals surface area contributed by atoms with Crippen LogP contribution in [0.1, 0.15) is 63.4 Å². The quantitative estimate of drug-likeness (QED) is 0.590. The van der Waals surface area contributed by atoms with Crippen LogP contribution in [0.4, 0.5) is 5.69 Å². The molecule has 3 atom stereocenters. The smallest absolute Gasteiger partial charge is 0.252 e. The highest BCUT2D eigenvalue weighted by Crippen LogP contribution is 2.32. The van der Waals surface area contributed by atoms with Gasteiger partial charge in [-0.1, -0.05) is 38.1 Å². The largest absolute Gasteiger partial charge is 0.364 e. The average Bonchev–Trinajstić information content (AvgIpc) is 2.82. The SMILES string of the molecule is CC(C)c1ccc(C(C)N2C[C@H](C)N(c3cc(=O)n(C)c4ccc(C#N)nc34)C[C@H]2C)cc1. The minimum absolute atomic E-state index is 0.0649. The van der Waals surface area contributed by atoms with Gasteiger partial charge in [0.2, 0.25) is 0 Å². The van der Waals surface area contributed by atoms with Gasteiger partial charge in [0.05, 0.1) is 11.2 Å². The van der Waals surface area contributed by atoms with Crippen molar-refractivity contribution in [2.45, 2.75) is 58.7 Å². The Bertz CT molecular complexity index is 1250. The summed E-state index contributed by atoms with van der Waals surface area (Å²) in [7, 11) is 1.75. The monoisotopic (exact) mass is 443 g/mol. The van der Waals surface area contributed by atoms with Gasteiger partial charge in [-0.3, -0.25) is 9.69 Å². The second-order valence-corrected chi connectivity index (χ2v) is 9.65. The Balaban J connectivity index is 1.65. The zero-order valence-electron chi connectivity index (χ0n) is 20.4. The topological polar surface area (TPSA) is 65.2 Å². The Hall–Kier alpha value is -3.17. The molecule has 0 amide bonds. The first kappa shape index (κ1) is 23.0. The lowest BCUT2D eigenvalue weighted by Crippen LogP contribution is -2.57. The summed E-state index contributed by atoms with van der Waals surface area (Å²) in [5.41, 5.74) is 5.26. The molecule has 0 aliphatic carbocycles. The standard InChI is InChI=1S/C27H33N5O/c1-17(2)21-7-9-22(10-8-21)20(5)31-15-19(4)32(16-18(31)3)25-13-26(33)30(6)24-12-11-23(14-28)29-27(24)25/h7-13,17-20H,15-16H2,1-6H3/t18-,19+,20?/m1/s1. The Morgan fingerprint density at radius 1 is 1.00 bits per heavy atom. The molecular weight excluding hydrogens is 410 g/mol. The van der Waals surface area contributed by atoms with Crippen LogP contribution < -0.4 is 10.5 Å². The molecule has 0 bridgehead atoms. The number of anilines is 1. The molecule has 0 spiro atoms. The lowest BCUT2D eigenvalue weighted by Gasteiger charge is -2.47. The number of hydrogen-bond acceptors (Lipinski definition) is 5. The number of rotatable bonds is 4. The normalized spacial score (nSPS) is 20.2. The minimum atomic E-state index is -0.0649. The molecule has 3 aromatic rings. The van der Waals surface area contributed by atoms with E-state index in [0.717, 1.165) is 24.3 Å². The fourth-order valence-corrected chi connectivity index (χ4v) is 4.97. The first-order valence-electron chi connectivity index (χ1n) is 11.7. The Morgan fingerprint density at radius 3 is 2.30 bits per heavy atom. The van der Waals surface area contributed by atoms with Crippen LogP contribution >= 0.6 is 0 Å². The van der Waals surface area contributed by atoms with Crippen molar-refractivity contribution in [2.75, 3.05) is 18.0 Å². The molecule has 1 aromatic carbocycles. The van der Waals surface area contributed by atoms with E-state index in [2.05, 4.69) is 79.7 Å². The Morgan fingerprint density at radius 2 is 1.67 bits per heavy atom. The molecular formula is C27H33N5O. The van der Waals surface area contributed by atoms with Crippen LogP contribution in [0.5, 0.6) is 0 Å². The Kier molecular flexibility index (Phi) is 6.27. The number of fused-ring (bicyclic) bond motifs is 1. The number of benzene rings is 1. The van der Waals surface area contributed by atoms with Gasteiger partial charge < -0.3 is 9.47 Å². The first-order chi connectivity index (χ1) is 15.7. The number of aryl methyl sites for hydroxylation is 1. The van der Waals surface area contributed by atoms with E-state index in [4.69, 9.17) is 0 Å². The predicted molar refractivity (Wildman–Crippen MR) is 134 cm³/mol. The molecule has 4 rings (SSSR count). The average molecular weight is 444 g/mol. The summed E-state index contributed by atoms with van der Waals surface area (Å²) in [6, 6.07) is 17.1. The van der Waals surface area contributed by atoms with E-state index >= 15 is 0 Å². The van der Waals surface area contributed by atoms with Gasteiger partial charge in [0.15, 0.2) is 0 Å². The van der Waals surface area contributed by atoms with Crippen molar-refractivity contribution in [3.63, 3.8) is 0 Å².